The highest BCUT2D eigenvalue weighted by Crippen LogP contribution is 2.38. The van der Waals surface area contributed by atoms with Crippen molar-refractivity contribution in [2.75, 3.05) is 17.7 Å². The molecule has 3 aromatic rings. The van der Waals surface area contributed by atoms with Crippen molar-refractivity contribution in [1.82, 2.24) is 14.8 Å². The number of methoxy groups -OCH3 is 1. The average molecular weight is 406 g/mol. The lowest BCUT2D eigenvalue weighted by molar-refractivity contribution is -0.385. The first-order valence-electron chi connectivity index (χ1n) is 9.05. The third-order valence-electron chi connectivity index (χ3n) is 4.81. The number of nitro groups is 1. The van der Waals surface area contributed by atoms with Gasteiger partial charge in [0.15, 0.2) is 0 Å². The molecule has 1 unspecified atom stereocenters. The summed E-state index contributed by atoms with van der Waals surface area (Å²) in [7, 11) is 1.56. The summed E-state index contributed by atoms with van der Waals surface area (Å²) >= 11 is 0. The smallest absolute Gasteiger partial charge is 0.275 e. The molecule has 1 atom stereocenters. The number of hydrogen-bond donors (Lipinski definition) is 2. The van der Waals surface area contributed by atoms with Gasteiger partial charge in [0, 0.05) is 17.5 Å². The van der Waals surface area contributed by atoms with Crippen LogP contribution in [0.1, 0.15) is 18.5 Å². The largest absolute Gasteiger partial charge is 0.497 e. The fourth-order valence-electron chi connectivity index (χ4n) is 3.43. The van der Waals surface area contributed by atoms with Gasteiger partial charge in [-0.2, -0.15) is 10.1 Å². The molecule has 10 nitrogen and oxygen atoms in total. The van der Waals surface area contributed by atoms with Crippen LogP contribution in [0.4, 0.5) is 17.3 Å². The Labute approximate surface area is 171 Å². The van der Waals surface area contributed by atoms with E-state index in [9.17, 15) is 14.9 Å². The molecule has 1 amide bonds. The van der Waals surface area contributed by atoms with Crippen LogP contribution in [0, 0.1) is 10.1 Å². The average Bonchev–Trinajstić information content (AvgIpc) is 3.21. The third kappa shape index (κ3) is 3.34. The van der Waals surface area contributed by atoms with Crippen molar-refractivity contribution in [3.05, 3.63) is 81.8 Å². The Kier molecular flexibility index (Phi) is 4.88. The first-order valence-corrected chi connectivity index (χ1v) is 9.05. The Morgan fingerprint density at radius 1 is 1.23 bits per heavy atom. The molecule has 0 fully saturated rings. The van der Waals surface area contributed by atoms with Gasteiger partial charge in [-0.05, 0) is 37.3 Å². The monoisotopic (exact) mass is 406 g/mol. The topological polar surface area (TPSA) is 124 Å². The van der Waals surface area contributed by atoms with E-state index in [0.717, 1.165) is 0 Å². The van der Waals surface area contributed by atoms with Crippen LogP contribution in [0.2, 0.25) is 0 Å². The summed E-state index contributed by atoms with van der Waals surface area (Å²) in [5.41, 5.74) is 1.64. The Morgan fingerprint density at radius 3 is 2.67 bits per heavy atom. The van der Waals surface area contributed by atoms with E-state index >= 15 is 0 Å². The molecule has 1 aromatic heterocycles. The third-order valence-corrected chi connectivity index (χ3v) is 4.81. The van der Waals surface area contributed by atoms with Crippen molar-refractivity contribution in [3.63, 3.8) is 0 Å². The zero-order chi connectivity index (χ0) is 21.3. The van der Waals surface area contributed by atoms with Gasteiger partial charge in [0.25, 0.3) is 11.6 Å². The van der Waals surface area contributed by atoms with Crippen molar-refractivity contribution in [1.29, 1.82) is 0 Å². The van der Waals surface area contributed by atoms with Crippen LogP contribution in [-0.2, 0) is 4.79 Å². The number of anilines is 2. The summed E-state index contributed by atoms with van der Waals surface area (Å²) in [5.74, 6) is 0.652. The molecule has 1 aliphatic rings. The number of ether oxygens (including phenoxy) is 1. The number of allylic oxidation sites excluding steroid dienone is 1. The molecule has 1 aliphatic heterocycles. The van der Waals surface area contributed by atoms with Crippen molar-refractivity contribution >= 4 is 23.2 Å². The number of para-hydroxylation sites is 1. The standard InChI is InChI=1S/C20H18N6O4/c1-12-17(19(27)24-13-7-9-14(30-2)10-8-13)18(25-20(23-12)21-11-22-25)15-5-3-4-6-16(15)26(28)29/h3-11,18H,1-2H3,(H,24,27)(H,21,22,23). The summed E-state index contributed by atoms with van der Waals surface area (Å²) < 4.78 is 6.60. The minimum Gasteiger partial charge on any atom is -0.497 e. The number of amides is 1. The molecule has 0 bridgehead atoms. The highest BCUT2D eigenvalue weighted by atomic mass is 16.6. The van der Waals surface area contributed by atoms with Gasteiger partial charge < -0.3 is 15.4 Å². The highest BCUT2D eigenvalue weighted by Gasteiger charge is 2.36. The Morgan fingerprint density at radius 2 is 1.97 bits per heavy atom. The lowest BCUT2D eigenvalue weighted by atomic mass is 9.93. The molecular formula is C20H18N6O4. The molecule has 0 spiro atoms. The Bertz CT molecular complexity index is 1150. The van der Waals surface area contributed by atoms with Crippen molar-refractivity contribution in [3.8, 4) is 5.75 Å². The predicted molar refractivity (Wildman–Crippen MR) is 109 cm³/mol. The maximum absolute atomic E-state index is 13.3. The van der Waals surface area contributed by atoms with Gasteiger partial charge in [-0.25, -0.2) is 4.68 Å². The van der Waals surface area contributed by atoms with Crippen LogP contribution in [-0.4, -0.2) is 32.7 Å². The summed E-state index contributed by atoms with van der Waals surface area (Å²) in [6.45, 7) is 1.73. The molecule has 4 rings (SSSR count). The number of carbonyl (C=O) groups excluding carboxylic acids is 1. The maximum atomic E-state index is 13.3. The molecule has 0 saturated carbocycles. The van der Waals surface area contributed by atoms with E-state index in [0.29, 0.717) is 34.2 Å². The van der Waals surface area contributed by atoms with Crippen LogP contribution in [0.15, 0.2) is 66.1 Å². The van der Waals surface area contributed by atoms with Crippen molar-refractivity contribution in [2.24, 2.45) is 0 Å². The molecule has 2 N–H and O–H groups in total. The number of fused-ring (bicyclic) bond motifs is 1. The number of aromatic nitrogens is 3. The van der Waals surface area contributed by atoms with E-state index in [1.807, 2.05) is 0 Å². The van der Waals surface area contributed by atoms with Gasteiger partial charge in [-0.15, -0.1) is 0 Å². The number of hydrogen-bond acceptors (Lipinski definition) is 7. The molecule has 152 valence electrons. The second-order valence-electron chi connectivity index (χ2n) is 6.59. The van der Waals surface area contributed by atoms with Crippen molar-refractivity contribution < 1.29 is 14.5 Å². The number of benzene rings is 2. The van der Waals surface area contributed by atoms with Gasteiger partial charge in [-0.1, -0.05) is 12.1 Å². The Hall–Kier alpha value is -4.21. The first-order chi connectivity index (χ1) is 14.5. The molecular weight excluding hydrogens is 388 g/mol. The van der Waals surface area contributed by atoms with Gasteiger partial charge in [0.1, 0.15) is 18.1 Å². The molecule has 0 aliphatic carbocycles. The summed E-state index contributed by atoms with van der Waals surface area (Å²) in [6, 6.07) is 12.4. The van der Waals surface area contributed by atoms with Crippen LogP contribution in [0.5, 0.6) is 5.75 Å². The van der Waals surface area contributed by atoms with Crippen molar-refractivity contribution in [2.45, 2.75) is 13.0 Å². The number of rotatable bonds is 5. The molecule has 2 aromatic carbocycles. The zero-order valence-corrected chi connectivity index (χ0v) is 16.2. The van der Waals surface area contributed by atoms with E-state index in [1.54, 1.807) is 56.5 Å². The van der Waals surface area contributed by atoms with E-state index in [4.69, 9.17) is 4.74 Å². The second kappa shape index (κ2) is 7.66. The van der Waals surface area contributed by atoms with Gasteiger partial charge in [0.2, 0.25) is 5.95 Å². The van der Waals surface area contributed by atoms with E-state index in [1.165, 1.54) is 17.1 Å². The lowest BCUT2D eigenvalue weighted by Gasteiger charge is -2.28. The number of nitro benzene ring substituents is 1. The first kappa shape index (κ1) is 19.1. The SMILES string of the molecule is COc1ccc(NC(=O)C2=C(C)Nc3ncnn3C2c2ccccc2[N+](=O)[O-])cc1. The van der Waals surface area contributed by atoms with E-state index in [2.05, 4.69) is 20.7 Å². The quantitative estimate of drug-likeness (QED) is 0.493. The van der Waals surface area contributed by atoms with Crippen LogP contribution in [0.3, 0.4) is 0 Å². The molecule has 10 heteroatoms. The van der Waals surface area contributed by atoms with Gasteiger partial charge >= 0.3 is 0 Å². The maximum Gasteiger partial charge on any atom is 0.275 e. The predicted octanol–water partition coefficient (Wildman–Crippen LogP) is 3.12. The Balaban J connectivity index is 1.78. The minimum atomic E-state index is -0.816. The number of carbonyl (C=O) groups is 1. The molecule has 0 radical (unpaired) electrons. The highest BCUT2D eigenvalue weighted by molar-refractivity contribution is 6.06. The molecule has 30 heavy (non-hydrogen) atoms. The fraction of sp³-hybridized carbons (Fsp3) is 0.150. The summed E-state index contributed by atoms with van der Waals surface area (Å²) in [6.07, 6.45) is 1.34. The van der Waals surface area contributed by atoms with E-state index in [-0.39, 0.29) is 5.69 Å². The summed E-state index contributed by atoms with van der Waals surface area (Å²) in [4.78, 5) is 28.6. The lowest BCUT2D eigenvalue weighted by Crippen LogP contribution is -2.31. The molecule has 2 heterocycles. The van der Waals surface area contributed by atoms with E-state index < -0.39 is 16.9 Å². The number of nitrogens with zero attached hydrogens (tertiary/aromatic N) is 4. The van der Waals surface area contributed by atoms with Gasteiger partial charge in [0.05, 0.1) is 23.2 Å². The molecule has 0 saturated heterocycles. The summed E-state index contributed by atoms with van der Waals surface area (Å²) in [5, 5.41) is 21.7. The minimum absolute atomic E-state index is 0.103. The van der Waals surface area contributed by atoms with Gasteiger partial charge in [-0.3, -0.25) is 14.9 Å². The normalized spacial score (nSPS) is 15.2. The fourth-order valence-corrected chi connectivity index (χ4v) is 3.43. The van der Waals surface area contributed by atoms with Crippen LogP contribution < -0.4 is 15.4 Å². The van der Waals surface area contributed by atoms with Crippen LogP contribution in [0.25, 0.3) is 0 Å². The van der Waals surface area contributed by atoms with Crippen LogP contribution >= 0.6 is 0 Å². The zero-order valence-electron chi connectivity index (χ0n) is 16.2. The second-order valence-corrected chi connectivity index (χ2v) is 6.59. The number of nitrogens with one attached hydrogen (secondary N) is 2.